The Hall–Kier alpha value is -2.30. The van der Waals surface area contributed by atoms with Crippen LogP contribution in [-0.4, -0.2) is 47.6 Å². The Bertz CT molecular complexity index is 1200. The van der Waals surface area contributed by atoms with Crippen molar-refractivity contribution < 1.29 is 0 Å². The van der Waals surface area contributed by atoms with Crippen LogP contribution >= 0.6 is 0 Å². The predicted molar refractivity (Wildman–Crippen MR) is 150 cm³/mol. The largest absolute Gasteiger partial charge is 0.372 e. The molecule has 3 aromatic rings. The molecule has 4 heteroatoms. The molecule has 5 aliphatic rings. The molecule has 3 saturated carbocycles. The lowest BCUT2D eigenvalue weighted by Crippen LogP contribution is -2.71. The van der Waals surface area contributed by atoms with Crippen LogP contribution in [0.5, 0.6) is 0 Å². The van der Waals surface area contributed by atoms with Crippen molar-refractivity contribution >= 4 is 16.6 Å². The fourth-order valence-corrected chi connectivity index (χ4v) is 8.02. The van der Waals surface area contributed by atoms with Crippen molar-refractivity contribution in [1.29, 1.82) is 0 Å². The lowest BCUT2D eigenvalue weighted by molar-refractivity contribution is -0.174. The van der Waals surface area contributed by atoms with Crippen molar-refractivity contribution in [3.05, 3.63) is 65.4 Å². The molecule has 8 rings (SSSR count). The van der Waals surface area contributed by atoms with Crippen molar-refractivity contribution in [2.45, 2.75) is 76.4 Å². The van der Waals surface area contributed by atoms with E-state index in [0.717, 1.165) is 24.8 Å². The van der Waals surface area contributed by atoms with Gasteiger partial charge in [-0.25, -0.2) is 0 Å². The molecule has 0 spiro atoms. The first-order valence-corrected chi connectivity index (χ1v) is 14.6. The van der Waals surface area contributed by atoms with E-state index in [4.69, 9.17) is 0 Å². The van der Waals surface area contributed by atoms with E-state index in [0.29, 0.717) is 17.6 Å². The van der Waals surface area contributed by atoms with Gasteiger partial charge in [0.25, 0.3) is 0 Å². The smallest absolute Gasteiger partial charge is 0.0764 e. The topological polar surface area (TPSA) is 34.3 Å². The molecular formula is C32H42N4. The molecule has 1 aromatic heterocycles. The molecule has 36 heavy (non-hydrogen) atoms. The lowest BCUT2D eigenvalue weighted by Gasteiger charge is -2.70. The van der Waals surface area contributed by atoms with Crippen molar-refractivity contribution in [2.24, 2.45) is 11.8 Å². The van der Waals surface area contributed by atoms with Crippen molar-refractivity contribution in [1.82, 2.24) is 15.2 Å². The van der Waals surface area contributed by atoms with Crippen LogP contribution in [0.1, 0.15) is 75.2 Å². The van der Waals surface area contributed by atoms with E-state index in [1.165, 1.54) is 86.0 Å². The van der Waals surface area contributed by atoms with Gasteiger partial charge in [-0.3, -0.25) is 4.90 Å². The van der Waals surface area contributed by atoms with Crippen LogP contribution in [0.2, 0.25) is 0 Å². The first-order valence-electron chi connectivity index (χ1n) is 14.6. The van der Waals surface area contributed by atoms with E-state index >= 15 is 0 Å². The molecule has 2 N–H and O–H groups in total. The molecule has 2 aliphatic heterocycles. The predicted octanol–water partition coefficient (Wildman–Crippen LogP) is 6.27. The number of piperidine rings is 1. The fraction of sp³-hybridized carbons (Fsp3) is 0.562. The molecule has 3 heterocycles. The first kappa shape index (κ1) is 22.9. The summed E-state index contributed by atoms with van der Waals surface area (Å²) in [6, 6.07) is 19.5. The molecule has 4 fully saturated rings. The van der Waals surface area contributed by atoms with Gasteiger partial charge < -0.3 is 15.2 Å². The van der Waals surface area contributed by atoms with Crippen LogP contribution in [-0.2, 0) is 6.42 Å². The van der Waals surface area contributed by atoms with Gasteiger partial charge in [0.2, 0.25) is 0 Å². The second-order valence-electron chi connectivity index (χ2n) is 12.4. The molecule has 190 valence electrons. The van der Waals surface area contributed by atoms with Crippen LogP contribution in [0.3, 0.4) is 0 Å². The monoisotopic (exact) mass is 482 g/mol. The number of fused-ring (bicyclic) bond motifs is 3. The Balaban J connectivity index is 1.16. The van der Waals surface area contributed by atoms with Gasteiger partial charge in [-0.15, -0.1) is 0 Å². The highest BCUT2D eigenvalue weighted by atomic mass is 15.3. The summed E-state index contributed by atoms with van der Waals surface area (Å²) in [4.78, 5) is 9.43. The number of hydrogen-bond acceptors (Lipinski definition) is 3. The van der Waals surface area contributed by atoms with Crippen LogP contribution in [0.15, 0.2) is 48.5 Å². The van der Waals surface area contributed by atoms with Crippen LogP contribution in [0.4, 0.5) is 5.69 Å². The Morgan fingerprint density at radius 3 is 2.44 bits per heavy atom. The van der Waals surface area contributed by atoms with E-state index in [2.05, 4.69) is 82.5 Å². The number of anilines is 1. The Morgan fingerprint density at radius 2 is 1.75 bits per heavy atom. The minimum absolute atomic E-state index is 0.335. The van der Waals surface area contributed by atoms with Gasteiger partial charge in [0.15, 0.2) is 0 Å². The highest BCUT2D eigenvalue weighted by Gasteiger charge is 2.63. The van der Waals surface area contributed by atoms with E-state index in [9.17, 15) is 0 Å². The zero-order chi connectivity index (χ0) is 24.3. The molecule has 4 nitrogen and oxygen atoms in total. The van der Waals surface area contributed by atoms with E-state index in [1.54, 1.807) is 5.56 Å². The van der Waals surface area contributed by atoms with Gasteiger partial charge in [-0.05, 0) is 106 Å². The molecule has 3 aliphatic carbocycles. The minimum Gasteiger partial charge on any atom is -0.372 e. The Morgan fingerprint density at radius 1 is 1.00 bits per heavy atom. The summed E-state index contributed by atoms with van der Waals surface area (Å²) in [6.45, 7) is 9.43. The number of nitrogens with zero attached hydrogens (tertiary/aromatic N) is 2. The molecular weight excluding hydrogens is 440 g/mol. The third kappa shape index (κ3) is 3.63. The SMILES string of the molecule is CCCNCC1CCN(c2ccc([C@@H]3c4[nH]c5ccccc5c4C[C@@H](C)N3C34CC(C3)C4)cc2)CC1. The molecule has 1 saturated heterocycles. The summed E-state index contributed by atoms with van der Waals surface area (Å²) in [5, 5.41) is 5.05. The maximum atomic E-state index is 3.90. The average Bonchev–Trinajstić information content (AvgIpc) is 3.21. The van der Waals surface area contributed by atoms with Crippen LogP contribution in [0.25, 0.3) is 10.9 Å². The van der Waals surface area contributed by atoms with Crippen molar-refractivity contribution in [3.63, 3.8) is 0 Å². The van der Waals surface area contributed by atoms with Gasteiger partial charge in [-0.1, -0.05) is 37.3 Å². The van der Waals surface area contributed by atoms with Gasteiger partial charge in [0, 0.05) is 47.0 Å². The summed E-state index contributed by atoms with van der Waals surface area (Å²) >= 11 is 0. The number of aromatic nitrogens is 1. The molecule has 0 unspecified atom stereocenters. The fourth-order valence-electron chi connectivity index (χ4n) is 8.02. The van der Waals surface area contributed by atoms with Gasteiger partial charge in [0.1, 0.15) is 0 Å². The standard InChI is InChI=1S/C32H42N4/c1-3-14-33-21-23-12-15-35(16-13-23)26-10-8-25(9-11-26)31-30-28(27-6-4-5-7-29(27)34-30)17-22(2)36(31)32-18-24(19-32)20-32/h4-11,22-24,31,33-34H,3,12-21H2,1-2H3/t22-,24?,31-,32?/m1/s1. The van der Waals surface area contributed by atoms with Crippen LogP contribution in [0, 0.1) is 11.8 Å². The number of H-pyrrole nitrogens is 1. The summed E-state index contributed by atoms with van der Waals surface area (Å²) in [6.07, 6.45) is 9.20. The quantitative estimate of drug-likeness (QED) is 0.389. The Kier molecular flexibility index (Phi) is 5.66. The lowest BCUT2D eigenvalue weighted by atomic mass is 9.48. The first-order chi connectivity index (χ1) is 17.6. The zero-order valence-corrected chi connectivity index (χ0v) is 22.1. The maximum Gasteiger partial charge on any atom is 0.0764 e. The van der Waals surface area contributed by atoms with Crippen molar-refractivity contribution in [3.8, 4) is 0 Å². The van der Waals surface area contributed by atoms with Crippen LogP contribution < -0.4 is 10.2 Å². The normalized spacial score (nSPS) is 30.2. The molecule has 0 radical (unpaired) electrons. The average molecular weight is 483 g/mol. The van der Waals surface area contributed by atoms with Gasteiger partial charge in [0.05, 0.1) is 6.04 Å². The number of hydrogen-bond donors (Lipinski definition) is 2. The summed E-state index contributed by atoms with van der Waals surface area (Å²) in [5.41, 5.74) is 7.60. The molecule has 2 atom stereocenters. The highest BCUT2D eigenvalue weighted by molar-refractivity contribution is 5.85. The number of para-hydroxylation sites is 1. The second-order valence-corrected chi connectivity index (χ2v) is 12.4. The third-order valence-corrected chi connectivity index (χ3v) is 9.97. The highest BCUT2D eigenvalue weighted by Crippen LogP contribution is 2.64. The third-order valence-electron chi connectivity index (χ3n) is 9.97. The van der Waals surface area contributed by atoms with E-state index in [-0.39, 0.29) is 0 Å². The van der Waals surface area contributed by atoms with Crippen molar-refractivity contribution in [2.75, 3.05) is 31.1 Å². The van der Waals surface area contributed by atoms with E-state index < -0.39 is 0 Å². The maximum absolute atomic E-state index is 3.90. The summed E-state index contributed by atoms with van der Waals surface area (Å²) < 4.78 is 0. The number of benzene rings is 2. The number of rotatable bonds is 7. The molecule has 2 bridgehead atoms. The second kappa shape index (κ2) is 8.92. The summed E-state index contributed by atoms with van der Waals surface area (Å²) in [7, 11) is 0. The zero-order valence-electron chi connectivity index (χ0n) is 22.1. The number of aromatic amines is 1. The number of nitrogens with one attached hydrogen (secondary N) is 2. The summed E-state index contributed by atoms with van der Waals surface area (Å²) in [5.74, 6) is 1.82. The van der Waals surface area contributed by atoms with E-state index in [1.807, 2.05) is 0 Å². The molecule has 2 aromatic carbocycles. The minimum atomic E-state index is 0.335. The van der Waals surface area contributed by atoms with Gasteiger partial charge >= 0.3 is 0 Å². The Labute approximate surface area is 216 Å². The molecule has 0 amide bonds. The van der Waals surface area contributed by atoms with Gasteiger partial charge in [-0.2, -0.15) is 0 Å².